The van der Waals surface area contributed by atoms with Gasteiger partial charge in [-0.15, -0.1) is 0 Å². The van der Waals surface area contributed by atoms with Crippen LogP contribution in [0.5, 0.6) is 11.5 Å². The van der Waals surface area contributed by atoms with E-state index < -0.39 is 0 Å². The van der Waals surface area contributed by atoms with Gasteiger partial charge in [0.25, 0.3) is 0 Å². The lowest BCUT2D eigenvalue weighted by Gasteiger charge is -2.35. The number of benzene rings is 1. The number of likely N-dealkylation sites (N-methyl/N-ethyl adjacent to an activating group) is 1. The fourth-order valence-electron chi connectivity index (χ4n) is 3.34. The number of piperidine rings is 1. The van der Waals surface area contributed by atoms with E-state index in [9.17, 15) is 4.79 Å². The number of hydrogen-bond acceptors (Lipinski definition) is 5. The molecule has 0 aromatic heterocycles. The molecule has 1 amide bonds. The number of hydrogen-bond donors (Lipinski definition) is 1. The third-order valence-electron chi connectivity index (χ3n) is 4.86. The zero-order valence-electron chi connectivity index (χ0n) is 16.0. The molecule has 1 aliphatic heterocycles. The van der Waals surface area contributed by atoms with Gasteiger partial charge >= 0.3 is 0 Å². The Hall–Kier alpha value is -1.79. The van der Waals surface area contributed by atoms with Crippen molar-refractivity contribution in [2.24, 2.45) is 0 Å². The van der Waals surface area contributed by atoms with E-state index in [-0.39, 0.29) is 11.9 Å². The molecule has 1 N–H and O–H groups in total. The first kappa shape index (κ1) is 19.5. The molecule has 2 atom stereocenters. The second-order valence-electron chi connectivity index (χ2n) is 6.89. The van der Waals surface area contributed by atoms with Crippen LogP contribution in [0.4, 0.5) is 0 Å². The van der Waals surface area contributed by atoms with E-state index in [0.717, 1.165) is 36.6 Å². The molecule has 1 fully saturated rings. The summed E-state index contributed by atoms with van der Waals surface area (Å²) >= 11 is 0. The molecule has 6 nitrogen and oxygen atoms in total. The summed E-state index contributed by atoms with van der Waals surface area (Å²) in [7, 11) is 7.47. The summed E-state index contributed by atoms with van der Waals surface area (Å²) < 4.78 is 10.7. The number of carbonyl (C=O) groups is 1. The maximum Gasteiger partial charge on any atom is 0.234 e. The second-order valence-corrected chi connectivity index (χ2v) is 6.89. The molecular weight excluding hydrogens is 318 g/mol. The fraction of sp³-hybridized carbons (Fsp3) is 0.632. The smallest absolute Gasteiger partial charge is 0.234 e. The molecule has 0 bridgehead atoms. The van der Waals surface area contributed by atoms with Crippen LogP contribution in [0, 0.1) is 0 Å². The largest absolute Gasteiger partial charge is 0.497 e. The van der Waals surface area contributed by atoms with Crippen molar-refractivity contribution in [1.29, 1.82) is 0 Å². The zero-order chi connectivity index (χ0) is 18.4. The first-order chi connectivity index (χ1) is 11.9. The highest BCUT2D eigenvalue weighted by atomic mass is 16.5. The fourth-order valence-corrected chi connectivity index (χ4v) is 3.34. The molecule has 1 aromatic rings. The monoisotopic (exact) mass is 349 g/mol. The number of methoxy groups -OCH3 is 2. The van der Waals surface area contributed by atoms with Crippen molar-refractivity contribution in [2.75, 3.05) is 47.9 Å². The van der Waals surface area contributed by atoms with Crippen LogP contribution in [0.15, 0.2) is 18.2 Å². The molecule has 0 radical (unpaired) electrons. The summed E-state index contributed by atoms with van der Waals surface area (Å²) in [4.78, 5) is 17.0. The minimum Gasteiger partial charge on any atom is -0.497 e. The Kier molecular flexibility index (Phi) is 7.08. The molecule has 6 heteroatoms. The van der Waals surface area contributed by atoms with Crippen molar-refractivity contribution in [1.82, 2.24) is 15.1 Å². The Morgan fingerprint density at radius 3 is 2.76 bits per heavy atom. The van der Waals surface area contributed by atoms with Gasteiger partial charge in [0, 0.05) is 18.2 Å². The Morgan fingerprint density at radius 2 is 2.12 bits per heavy atom. The second kappa shape index (κ2) is 9.06. The number of amides is 1. The van der Waals surface area contributed by atoms with E-state index in [0.29, 0.717) is 12.6 Å². The highest BCUT2D eigenvalue weighted by Gasteiger charge is 2.23. The van der Waals surface area contributed by atoms with Crippen LogP contribution >= 0.6 is 0 Å². The van der Waals surface area contributed by atoms with Crippen LogP contribution in [-0.4, -0.2) is 69.7 Å². The van der Waals surface area contributed by atoms with E-state index in [1.54, 1.807) is 14.2 Å². The topological polar surface area (TPSA) is 54.0 Å². The lowest BCUT2D eigenvalue weighted by atomic mass is 10.0. The van der Waals surface area contributed by atoms with Crippen LogP contribution in [0.25, 0.3) is 0 Å². The van der Waals surface area contributed by atoms with Gasteiger partial charge in [0.05, 0.1) is 26.8 Å². The summed E-state index contributed by atoms with van der Waals surface area (Å²) in [6, 6.07) is 6.01. The first-order valence-corrected chi connectivity index (χ1v) is 8.84. The highest BCUT2D eigenvalue weighted by Crippen LogP contribution is 2.29. The average Bonchev–Trinajstić information content (AvgIpc) is 2.61. The van der Waals surface area contributed by atoms with Crippen LogP contribution in [0.3, 0.4) is 0 Å². The van der Waals surface area contributed by atoms with Gasteiger partial charge < -0.3 is 19.7 Å². The lowest BCUT2D eigenvalue weighted by molar-refractivity contribution is -0.123. The van der Waals surface area contributed by atoms with Crippen LogP contribution in [0.1, 0.15) is 31.4 Å². The maximum absolute atomic E-state index is 12.5. The van der Waals surface area contributed by atoms with E-state index in [1.807, 2.05) is 25.1 Å². The minimum atomic E-state index is -0.146. The quantitative estimate of drug-likeness (QED) is 0.815. The molecular formula is C19H31N3O3. The van der Waals surface area contributed by atoms with E-state index in [1.165, 1.54) is 6.42 Å². The van der Waals surface area contributed by atoms with Crippen LogP contribution < -0.4 is 14.8 Å². The Balaban J connectivity index is 1.96. The number of rotatable bonds is 7. The molecule has 25 heavy (non-hydrogen) atoms. The number of ether oxygens (including phenoxy) is 2. The summed E-state index contributed by atoms with van der Waals surface area (Å²) in [5.41, 5.74) is 0.917. The van der Waals surface area contributed by atoms with Crippen molar-refractivity contribution in [3.05, 3.63) is 23.8 Å². The van der Waals surface area contributed by atoms with Gasteiger partial charge in [0.1, 0.15) is 11.5 Å². The molecule has 1 aromatic carbocycles. The van der Waals surface area contributed by atoms with Gasteiger partial charge in [-0.3, -0.25) is 9.69 Å². The van der Waals surface area contributed by atoms with E-state index in [2.05, 4.69) is 29.2 Å². The SMILES string of the molecule is COc1ccc(OC)c(C(C)NC(=O)CN2CCCC(N(C)C)C2)c1. The lowest BCUT2D eigenvalue weighted by Crippen LogP contribution is -2.48. The molecule has 1 aliphatic rings. The van der Waals surface area contributed by atoms with Crippen molar-refractivity contribution in [2.45, 2.75) is 31.8 Å². The van der Waals surface area contributed by atoms with Gasteiger partial charge in [-0.25, -0.2) is 0 Å². The predicted octanol–water partition coefficient (Wildman–Crippen LogP) is 1.91. The molecule has 0 aliphatic carbocycles. The molecule has 1 saturated heterocycles. The molecule has 0 saturated carbocycles. The Bertz CT molecular complexity index is 577. The standard InChI is InChI=1S/C19H31N3O3/c1-14(17-11-16(24-4)8-9-18(17)25-5)20-19(23)13-22-10-6-7-15(12-22)21(2)3/h8-9,11,14-15H,6-7,10,12-13H2,1-5H3,(H,20,23). The maximum atomic E-state index is 12.5. The Labute approximate surface area is 151 Å². The third kappa shape index (κ3) is 5.34. The molecule has 2 rings (SSSR count). The van der Waals surface area contributed by atoms with Gasteiger partial charge in [-0.1, -0.05) is 0 Å². The number of carbonyl (C=O) groups excluding carboxylic acids is 1. The normalized spacial score (nSPS) is 19.5. The third-order valence-corrected chi connectivity index (χ3v) is 4.86. The molecule has 0 spiro atoms. The average molecular weight is 349 g/mol. The van der Waals surface area contributed by atoms with E-state index >= 15 is 0 Å². The molecule has 140 valence electrons. The predicted molar refractivity (Wildman–Crippen MR) is 99.3 cm³/mol. The number of nitrogens with zero attached hydrogens (tertiary/aromatic N) is 2. The van der Waals surface area contributed by atoms with Crippen molar-refractivity contribution >= 4 is 5.91 Å². The zero-order valence-corrected chi connectivity index (χ0v) is 16.0. The van der Waals surface area contributed by atoms with Crippen molar-refractivity contribution in [3.8, 4) is 11.5 Å². The van der Waals surface area contributed by atoms with Gasteiger partial charge in [-0.2, -0.15) is 0 Å². The highest BCUT2D eigenvalue weighted by molar-refractivity contribution is 5.78. The van der Waals surface area contributed by atoms with Gasteiger partial charge in [0.2, 0.25) is 5.91 Å². The number of likely N-dealkylation sites (tertiary alicyclic amines) is 1. The van der Waals surface area contributed by atoms with Crippen LogP contribution in [-0.2, 0) is 4.79 Å². The summed E-state index contributed by atoms with van der Waals surface area (Å²) in [5, 5.41) is 3.08. The van der Waals surface area contributed by atoms with Crippen molar-refractivity contribution < 1.29 is 14.3 Å². The molecule has 2 unspecified atom stereocenters. The van der Waals surface area contributed by atoms with Gasteiger partial charge in [0.15, 0.2) is 0 Å². The minimum absolute atomic E-state index is 0.0387. The van der Waals surface area contributed by atoms with E-state index in [4.69, 9.17) is 9.47 Å². The van der Waals surface area contributed by atoms with Crippen molar-refractivity contribution in [3.63, 3.8) is 0 Å². The first-order valence-electron chi connectivity index (χ1n) is 8.84. The van der Waals surface area contributed by atoms with Gasteiger partial charge in [-0.05, 0) is 58.6 Å². The summed E-state index contributed by atoms with van der Waals surface area (Å²) in [6.45, 7) is 4.32. The summed E-state index contributed by atoms with van der Waals surface area (Å²) in [5.74, 6) is 1.54. The van der Waals surface area contributed by atoms with Crippen LogP contribution in [0.2, 0.25) is 0 Å². The molecule has 1 heterocycles. The Morgan fingerprint density at radius 1 is 1.36 bits per heavy atom. The summed E-state index contributed by atoms with van der Waals surface area (Å²) in [6.07, 6.45) is 2.33. The number of nitrogens with one attached hydrogen (secondary N) is 1.